The molecule has 5 rings (SSSR count). The SMILES string of the molecule is O=C(NC1CCN(CC2CCC2)C1Cc1cccc(-c2cccc(F)c2)c1)[C@@H]1CCCO1. The van der Waals surface area contributed by atoms with Crippen molar-refractivity contribution in [3.8, 4) is 11.1 Å². The maximum Gasteiger partial charge on any atom is 0.249 e. The van der Waals surface area contributed by atoms with Crippen LogP contribution in [0.2, 0.25) is 0 Å². The summed E-state index contributed by atoms with van der Waals surface area (Å²) in [5.74, 6) is 0.632. The first-order chi connectivity index (χ1) is 15.7. The highest BCUT2D eigenvalue weighted by Crippen LogP contribution is 2.32. The Bertz CT molecular complexity index is 939. The molecule has 3 atom stereocenters. The smallest absolute Gasteiger partial charge is 0.249 e. The predicted molar refractivity (Wildman–Crippen MR) is 124 cm³/mol. The second kappa shape index (κ2) is 9.72. The zero-order valence-corrected chi connectivity index (χ0v) is 18.6. The molecule has 0 bridgehead atoms. The number of halogens is 1. The third-order valence-electron chi connectivity index (χ3n) is 7.46. The minimum absolute atomic E-state index is 0.0523. The molecule has 1 aliphatic carbocycles. The average Bonchev–Trinajstić information content (AvgIpc) is 3.42. The number of nitrogens with one attached hydrogen (secondary N) is 1. The first-order valence-electron chi connectivity index (χ1n) is 12.2. The number of hydrogen-bond donors (Lipinski definition) is 1. The highest BCUT2D eigenvalue weighted by Gasteiger charge is 2.38. The van der Waals surface area contributed by atoms with Crippen LogP contribution in [0.1, 0.15) is 44.1 Å². The molecule has 5 heteroatoms. The molecule has 32 heavy (non-hydrogen) atoms. The molecule has 2 aromatic rings. The van der Waals surface area contributed by atoms with Gasteiger partial charge in [0.05, 0.1) is 0 Å². The minimum atomic E-state index is -0.285. The Balaban J connectivity index is 1.33. The van der Waals surface area contributed by atoms with Gasteiger partial charge in [0.15, 0.2) is 0 Å². The summed E-state index contributed by atoms with van der Waals surface area (Å²) < 4.78 is 19.4. The maximum atomic E-state index is 13.7. The molecule has 2 heterocycles. The van der Waals surface area contributed by atoms with Gasteiger partial charge in [0.2, 0.25) is 5.91 Å². The maximum absolute atomic E-state index is 13.7. The summed E-state index contributed by atoms with van der Waals surface area (Å²) in [4.78, 5) is 15.4. The molecule has 3 aliphatic rings. The van der Waals surface area contributed by atoms with Gasteiger partial charge >= 0.3 is 0 Å². The lowest BCUT2D eigenvalue weighted by molar-refractivity contribution is -0.131. The Morgan fingerprint density at radius 1 is 1.03 bits per heavy atom. The van der Waals surface area contributed by atoms with Crippen LogP contribution in [0.4, 0.5) is 4.39 Å². The lowest BCUT2D eigenvalue weighted by Gasteiger charge is -2.35. The molecule has 0 radical (unpaired) electrons. The fourth-order valence-electron chi connectivity index (χ4n) is 5.44. The van der Waals surface area contributed by atoms with Gasteiger partial charge in [-0.1, -0.05) is 42.8 Å². The van der Waals surface area contributed by atoms with Crippen LogP contribution in [-0.4, -0.2) is 48.7 Å². The number of carbonyl (C=O) groups is 1. The van der Waals surface area contributed by atoms with E-state index in [-0.39, 0.29) is 29.9 Å². The van der Waals surface area contributed by atoms with Gasteiger partial charge in [0, 0.05) is 31.8 Å². The van der Waals surface area contributed by atoms with Gasteiger partial charge in [-0.2, -0.15) is 0 Å². The molecule has 0 aromatic heterocycles. The van der Waals surface area contributed by atoms with E-state index in [0.29, 0.717) is 6.61 Å². The van der Waals surface area contributed by atoms with Gasteiger partial charge in [-0.25, -0.2) is 4.39 Å². The molecule has 2 unspecified atom stereocenters. The van der Waals surface area contributed by atoms with Crippen LogP contribution >= 0.6 is 0 Å². The summed E-state index contributed by atoms with van der Waals surface area (Å²) in [5.41, 5.74) is 3.16. The summed E-state index contributed by atoms with van der Waals surface area (Å²) >= 11 is 0. The second-order valence-electron chi connectivity index (χ2n) is 9.68. The number of likely N-dealkylation sites (tertiary alicyclic amines) is 1. The quantitative estimate of drug-likeness (QED) is 0.691. The monoisotopic (exact) mass is 436 g/mol. The van der Waals surface area contributed by atoms with Gasteiger partial charge < -0.3 is 10.1 Å². The molecule has 4 nitrogen and oxygen atoms in total. The van der Waals surface area contributed by atoms with Crippen molar-refractivity contribution in [2.75, 3.05) is 19.7 Å². The van der Waals surface area contributed by atoms with E-state index in [1.54, 1.807) is 12.1 Å². The minimum Gasteiger partial charge on any atom is -0.368 e. The molecule has 2 aliphatic heterocycles. The normalized spacial score (nSPS) is 26.2. The first-order valence-corrected chi connectivity index (χ1v) is 12.2. The number of carbonyl (C=O) groups excluding carboxylic acids is 1. The molecule has 2 saturated heterocycles. The molecule has 2 aromatic carbocycles. The predicted octanol–water partition coefficient (Wildman–Crippen LogP) is 4.57. The summed E-state index contributed by atoms with van der Waals surface area (Å²) in [6.45, 7) is 2.84. The van der Waals surface area contributed by atoms with Gasteiger partial charge in [-0.3, -0.25) is 9.69 Å². The Labute approximate surface area is 190 Å². The number of amides is 1. The lowest BCUT2D eigenvalue weighted by atomic mass is 9.84. The summed E-state index contributed by atoms with van der Waals surface area (Å²) in [6, 6.07) is 15.6. The third kappa shape index (κ3) is 4.89. The second-order valence-corrected chi connectivity index (χ2v) is 9.68. The van der Waals surface area contributed by atoms with Crippen LogP contribution in [0.3, 0.4) is 0 Å². The van der Waals surface area contributed by atoms with Crippen molar-refractivity contribution in [1.82, 2.24) is 10.2 Å². The van der Waals surface area contributed by atoms with Crippen LogP contribution in [0, 0.1) is 11.7 Å². The molecule has 170 valence electrons. The number of ether oxygens (including phenoxy) is 1. The fourth-order valence-corrected chi connectivity index (χ4v) is 5.44. The molecular weight excluding hydrogens is 403 g/mol. The molecule has 0 spiro atoms. The standard InChI is InChI=1S/C27H33FN2O2/c28-23-10-3-9-22(17-23)21-8-2-7-20(15-21)16-25-24(29-27(31)26-11-4-14-32-26)12-13-30(25)18-19-5-1-6-19/h2-3,7-10,15,17,19,24-26H,1,4-6,11-14,16,18H2,(H,29,31)/t24?,25?,26-/m0/s1. The number of nitrogens with zero attached hydrogens (tertiary/aromatic N) is 1. The molecular formula is C27H33FN2O2. The van der Waals surface area contributed by atoms with Crippen molar-refractivity contribution in [2.45, 2.75) is 63.1 Å². The average molecular weight is 437 g/mol. The Kier molecular flexibility index (Phi) is 6.56. The zero-order chi connectivity index (χ0) is 21.9. The largest absolute Gasteiger partial charge is 0.368 e. The number of hydrogen-bond acceptors (Lipinski definition) is 3. The van der Waals surface area contributed by atoms with E-state index in [2.05, 4.69) is 28.4 Å². The zero-order valence-electron chi connectivity index (χ0n) is 18.6. The highest BCUT2D eigenvalue weighted by molar-refractivity contribution is 5.81. The van der Waals surface area contributed by atoms with Crippen LogP contribution in [0.15, 0.2) is 48.5 Å². The van der Waals surface area contributed by atoms with Crippen molar-refractivity contribution in [1.29, 1.82) is 0 Å². The molecule has 3 fully saturated rings. The van der Waals surface area contributed by atoms with Gasteiger partial charge in [-0.15, -0.1) is 0 Å². The van der Waals surface area contributed by atoms with E-state index in [9.17, 15) is 9.18 Å². The summed E-state index contributed by atoms with van der Waals surface area (Å²) in [5, 5.41) is 3.33. The lowest BCUT2D eigenvalue weighted by Crippen LogP contribution is -2.49. The van der Waals surface area contributed by atoms with E-state index in [0.717, 1.165) is 55.8 Å². The van der Waals surface area contributed by atoms with E-state index in [1.165, 1.54) is 30.9 Å². The Hall–Kier alpha value is -2.24. The van der Waals surface area contributed by atoms with Gasteiger partial charge in [0.25, 0.3) is 0 Å². The first kappa shape index (κ1) is 21.6. The van der Waals surface area contributed by atoms with E-state index >= 15 is 0 Å². The number of benzene rings is 2. The fraction of sp³-hybridized carbons (Fsp3) is 0.519. The van der Waals surface area contributed by atoms with Crippen molar-refractivity contribution in [2.24, 2.45) is 5.92 Å². The summed E-state index contributed by atoms with van der Waals surface area (Å²) in [6.07, 6.45) is 7.37. The Morgan fingerprint density at radius 2 is 1.84 bits per heavy atom. The molecule has 1 N–H and O–H groups in total. The van der Waals surface area contributed by atoms with Crippen LogP contribution in [0.25, 0.3) is 11.1 Å². The van der Waals surface area contributed by atoms with Crippen molar-refractivity contribution in [3.63, 3.8) is 0 Å². The van der Waals surface area contributed by atoms with E-state index < -0.39 is 0 Å². The van der Waals surface area contributed by atoms with E-state index in [4.69, 9.17) is 4.74 Å². The summed E-state index contributed by atoms with van der Waals surface area (Å²) in [7, 11) is 0. The van der Waals surface area contributed by atoms with Crippen LogP contribution in [-0.2, 0) is 16.0 Å². The van der Waals surface area contributed by atoms with Crippen LogP contribution < -0.4 is 5.32 Å². The van der Waals surface area contributed by atoms with Gasteiger partial charge in [-0.05, 0) is 73.3 Å². The topological polar surface area (TPSA) is 41.6 Å². The van der Waals surface area contributed by atoms with Crippen molar-refractivity contribution in [3.05, 3.63) is 59.9 Å². The Morgan fingerprint density at radius 3 is 2.56 bits per heavy atom. The van der Waals surface area contributed by atoms with E-state index in [1.807, 2.05) is 12.1 Å². The molecule has 1 saturated carbocycles. The molecule has 1 amide bonds. The third-order valence-corrected chi connectivity index (χ3v) is 7.46. The number of rotatable bonds is 7. The highest BCUT2D eigenvalue weighted by atomic mass is 19.1. The van der Waals surface area contributed by atoms with Crippen molar-refractivity contribution >= 4 is 5.91 Å². The van der Waals surface area contributed by atoms with Crippen molar-refractivity contribution < 1.29 is 13.9 Å². The van der Waals surface area contributed by atoms with Crippen LogP contribution in [0.5, 0.6) is 0 Å². The van der Waals surface area contributed by atoms with Gasteiger partial charge in [0.1, 0.15) is 11.9 Å².